The van der Waals surface area contributed by atoms with E-state index in [1.54, 1.807) is 6.20 Å². The maximum absolute atomic E-state index is 13.9. The number of hydrogen-bond acceptors (Lipinski definition) is 5. The molecule has 0 saturated heterocycles. The van der Waals surface area contributed by atoms with Crippen LogP contribution in [0.25, 0.3) is 0 Å². The number of carboxylic acids is 1. The molecular formula is C43H61N3O4. The van der Waals surface area contributed by atoms with Crippen LogP contribution in [0.1, 0.15) is 97.2 Å². The smallest absolute Gasteiger partial charge is 0.300 e. The first-order valence-corrected chi connectivity index (χ1v) is 17.7. The number of amides is 1. The molecule has 0 bridgehead atoms. The molecule has 1 aliphatic heterocycles. The van der Waals surface area contributed by atoms with Gasteiger partial charge in [-0.1, -0.05) is 106 Å². The normalized spacial score (nSPS) is 18.0. The second-order valence-corrected chi connectivity index (χ2v) is 11.3. The van der Waals surface area contributed by atoms with Gasteiger partial charge in [-0.2, -0.15) is 0 Å². The van der Waals surface area contributed by atoms with E-state index in [1.807, 2.05) is 68.2 Å². The van der Waals surface area contributed by atoms with Crippen molar-refractivity contribution in [2.45, 2.75) is 105 Å². The van der Waals surface area contributed by atoms with Crippen LogP contribution in [0.15, 0.2) is 110 Å². The Morgan fingerprint density at radius 1 is 1.14 bits per heavy atom. The van der Waals surface area contributed by atoms with E-state index in [0.29, 0.717) is 13.0 Å². The highest BCUT2D eigenvalue weighted by Crippen LogP contribution is 2.42. The van der Waals surface area contributed by atoms with E-state index < -0.39 is 5.97 Å². The molecule has 1 aliphatic carbocycles. The molecule has 50 heavy (non-hydrogen) atoms. The van der Waals surface area contributed by atoms with Crippen molar-refractivity contribution in [3.05, 3.63) is 121 Å². The summed E-state index contributed by atoms with van der Waals surface area (Å²) in [6, 6.07) is 13.8. The van der Waals surface area contributed by atoms with E-state index in [4.69, 9.17) is 16.3 Å². The molecule has 3 unspecified atom stereocenters. The van der Waals surface area contributed by atoms with Crippen LogP contribution in [0, 0.1) is 12.3 Å². The van der Waals surface area contributed by atoms with Gasteiger partial charge in [0.2, 0.25) is 5.91 Å². The molecule has 272 valence electrons. The van der Waals surface area contributed by atoms with Gasteiger partial charge in [-0.25, -0.2) is 0 Å². The lowest BCUT2D eigenvalue weighted by atomic mass is 9.92. The summed E-state index contributed by atoms with van der Waals surface area (Å²) in [6.07, 6.45) is 26.9. The van der Waals surface area contributed by atoms with Gasteiger partial charge in [-0.05, 0) is 62.9 Å². The van der Waals surface area contributed by atoms with Gasteiger partial charge in [0.05, 0.1) is 24.3 Å². The molecule has 0 radical (unpaired) electrons. The Hall–Kier alpha value is -4.51. The lowest BCUT2D eigenvalue weighted by Gasteiger charge is -2.32. The third-order valence-corrected chi connectivity index (χ3v) is 7.64. The number of benzene rings is 1. The Kier molecular flexibility index (Phi) is 25.8. The first-order valence-electron chi connectivity index (χ1n) is 17.7. The van der Waals surface area contributed by atoms with Crippen molar-refractivity contribution in [1.29, 1.82) is 0 Å². The standard InChI is InChI=1S/C31H39N3O2.C6H8.C2H4O2.C2H6.C2H4/c1-3-11-24-12-9-15-26(16-10-13-24)34-30-18-6-5-17-28(30)29(31(34)36)21-27(23-35)33(20-4-2)22-25-14-7-8-19-32-25;1-3-5-6-4-2;1-2(3)4;2*1-2/h5-10,12,14-19,26-27,29,35H,3-4,11,13,20-23H2,1-2H3;1,4,6H,5H2,2H3;1H3,(H,3,4);1-2H3;1-2H2/b15-9?,16-10-,24-12-;6-4-;;;. The molecule has 2 N–H and O–H groups in total. The van der Waals surface area contributed by atoms with Crippen molar-refractivity contribution in [2.24, 2.45) is 0 Å². The highest BCUT2D eigenvalue weighted by Gasteiger charge is 2.41. The molecular weight excluding hydrogens is 622 g/mol. The number of para-hydroxylation sites is 1. The number of nitrogens with zero attached hydrogens (tertiary/aromatic N) is 3. The first kappa shape index (κ1) is 45.5. The van der Waals surface area contributed by atoms with Crippen molar-refractivity contribution in [1.82, 2.24) is 9.88 Å². The number of aliphatic carboxylic acids is 1. The third-order valence-electron chi connectivity index (χ3n) is 7.64. The number of aliphatic hydroxyl groups is 1. The largest absolute Gasteiger partial charge is 0.481 e. The first-order chi connectivity index (χ1) is 24.3. The Balaban J connectivity index is 0.00000147. The van der Waals surface area contributed by atoms with Crippen LogP contribution in [0.2, 0.25) is 0 Å². The fraction of sp³-hybridized carbons (Fsp3) is 0.419. The van der Waals surface area contributed by atoms with E-state index in [0.717, 1.165) is 62.5 Å². The van der Waals surface area contributed by atoms with Crippen molar-refractivity contribution in [2.75, 3.05) is 18.1 Å². The Bertz CT molecular complexity index is 1390. The molecule has 0 spiro atoms. The second kappa shape index (κ2) is 28.3. The fourth-order valence-corrected chi connectivity index (χ4v) is 5.61. The van der Waals surface area contributed by atoms with Gasteiger partial charge in [0.1, 0.15) is 0 Å². The van der Waals surface area contributed by atoms with Gasteiger partial charge in [-0.15, -0.1) is 25.5 Å². The average Bonchev–Trinajstić information content (AvgIpc) is 3.39. The van der Waals surface area contributed by atoms with E-state index in [2.05, 4.69) is 85.3 Å². The van der Waals surface area contributed by atoms with E-state index in [-0.39, 0.29) is 30.5 Å². The van der Waals surface area contributed by atoms with Gasteiger partial charge in [0.25, 0.3) is 5.97 Å². The van der Waals surface area contributed by atoms with E-state index >= 15 is 0 Å². The maximum Gasteiger partial charge on any atom is 0.300 e. The number of fused-ring (bicyclic) bond motifs is 1. The van der Waals surface area contributed by atoms with Crippen molar-refractivity contribution < 1.29 is 19.8 Å². The van der Waals surface area contributed by atoms with Crippen LogP contribution in [0.5, 0.6) is 0 Å². The number of pyridine rings is 1. The molecule has 2 heterocycles. The molecule has 2 aliphatic rings. The summed E-state index contributed by atoms with van der Waals surface area (Å²) in [5, 5.41) is 17.8. The molecule has 7 heteroatoms. The molecule has 1 aromatic carbocycles. The summed E-state index contributed by atoms with van der Waals surface area (Å²) in [6.45, 7) is 18.9. The quantitative estimate of drug-likeness (QED) is 0.171. The number of terminal acetylenes is 1. The predicted molar refractivity (Wildman–Crippen MR) is 211 cm³/mol. The number of aliphatic hydroxyl groups excluding tert-OH is 1. The van der Waals surface area contributed by atoms with Crippen LogP contribution in [-0.4, -0.2) is 57.2 Å². The minimum atomic E-state index is -0.833. The Morgan fingerprint density at radius 3 is 2.38 bits per heavy atom. The van der Waals surface area contributed by atoms with Crippen molar-refractivity contribution in [3.63, 3.8) is 0 Å². The van der Waals surface area contributed by atoms with Crippen LogP contribution in [0.3, 0.4) is 0 Å². The maximum atomic E-state index is 13.9. The highest BCUT2D eigenvalue weighted by atomic mass is 16.4. The summed E-state index contributed by atoms with van der Waals surface area (Å²) in [5.74, 6) is 1.48. The number of rotatable bonds is 12. The monoisotopic (exact) mass is 683 g/mol. The third kappa shape index (κ3) is 16.3. The van der Waals surface area contributed by atoms with Crippen LogP contribution in [0.4, 0.5) is 5.69 Å². The molecule has 1 aromatic heterocycles. The summed E-state index contributed by atoms with van der Waals surface area (Å²) < 4.78 is 0. The van der Waals surface area contributed by atoms with Gasteiger partial charge < -0.3 is 15.1 Å². The Morgan fingerprint density at radius 2 is 1.82 bits per heavy atom. The molecule has 7 nitrogen and oxygen atoms in total. The second-order valence-electron chi connectivity index (χ2n) is 11.3. The molecule has 4 rings (SSSR count). The van der Waals surface area contributed by atoms with Gasteiger partial charge in [0, 0.05) is 37.8 Å². The number of aromatic nitrogens is 1. The van der Waals surface area contributed by atoms with Crippen LogP contribution >= 0.6 is 0 Å². The summed E-state index contributed by atoms with van der Waals surface area (Å²) in [5.41, 5.74) is 4.43. The molecule has 3 atom stereocenters. The van der Waals surface area contributed by atoms with Crippen molar-refractivity contribution in [3.8, 4) is 12.3 Å². The number of carboxylic acid groups (broad SMARTS) is 1. The van der Waals surface area contributed by atoms with Gasteiger partial charge >= 0.3 is 0 Å². The van der Waals surface area contributed by atoms with Gasteiger partial charge in [-0.3, -0.25) is 19.5 Å². The van der Waals surface area contributed by atoms with Crippen LogP contribution < -0.4 is 4.90 Å². The summed E-state index contributed by atoms with van der Waals surface area (Å²) in [7, 11) is 0. The zero-order chi connectivity index (χ0) is 37.7. The molecule has 1 amide bonds. The number of allylic oxidation sites excluding steroid dienone is 6. The molecule has 0 fully saturated rings. The van der Waals surface area contributed by atoms with E-state index in [9.17, 15) is 9.90 Å². The number of hydrogen-bond donors (Lipinski definition) is 2. The van der Waals surface area contributed by atoms with E-state index in [1.165, 1.54) is 5.57 Å². The SMILES string of the molecule is C#CC/C=C\C.C=C.CC.CC(=O)O.CCC/C1=C/C=CC(N2C(=O)C(CC(CO)N(CCC)Cc3ccccn3)c3ccccc32)/C=C\C1. The highest BCUT2D eigenvalue weighted by molar-refractivity contribution is 6.06. The molecule has 2 aromatic rings. The minimum absolute atomic E-state index is 0.00696. The topological polar surface area (TPSA) is 94.0 Å². The van der Waals surface area contributed by atoms with Crippen LogP contribution in [-0.2, 0) is 16.1 Å². The minimum Gasteiger partial charge on any atom is -0.481 e. The van der Waals surface area contributed by atoms with Gasteiger partial charge in [0.15, 0.2) is 0 Å². The number of anilines is 1. The number of carbonyl (C=O) groups is 2. The zero-order valence-corrected chi connectivity index (χ0v) is 31.3. The summed E-state index contributed by atoms with van der Waals surface area (Å²) in [4.78, 5) is 31.7. The zero-order valence-electron chi connectivity index (χ0n) is 31.3. The lowest BCUT2D eigenvalue weighted by molar-refractivity contribution is -0.134. The Labute approximate surface area is 302 Å². The van der Waals surface area contributed by atoms with Crippen molar-refractivity contribution >= 4 is 17.6 Å². The summed E-state index contributed by atoms with van der Waals surface area (Å²) >= 11 is 0. The lowest BCUT2D eigenvalue weighted by Crippen LogP contribution is -2.42. The predicted octanol–water partition coefficient (Wildman–Crippen LogP) is 9.29. The fourth-order valence-electron chi connectivity index (χ4n) is 5.61. The number of carbonyl (C=O) groups excluding carboxylic acids is 1. The average molecular weight is 684 g/mol. The molecule has 0 saturated carbocycles.